The van der Waals surface area contributed by atoms with Gasteiger partial charge in [0.25, 0.3) is 0 Å². The largest absolute Gasteiger partial charge is 0.381 e. The zero-order valence-corrected chi connectivity index (χ0v) is 10.7. The van der Waals surface area contributed by atoms with Crippen molar-refractivity contribution >= 4 is 5.69 Å². The molecule has 2 unspecified atom stereocenters. The Bertz CT molecular complexity index is 373. The van der Waals surface area contributed by atoms with Gasteiger partial charge in [0.2, 0.25) is 0 Å². The molecule has 3 heterocycles. The van der Waals surface area contributed by atoms with E-state index < -0.39 is 0 Å². The van der Waals surface area contributed by atoms with E-state index in [1.807, 2.05) is 13.1 Å². The molecular formula is C14H21N3. The number of aromatic nitrogens is 1. The molecule has 92 valence electrons. The second-order valence-electron chi connectivity index (χ2n) is 5.55. The number of rotatable bonds is 2. The number of hydrogen-bond donors (Lipinski definition) is 1. The molecule has 3 rings (SSSR count). The number of hydrogen-bond acceptors (Lipinski definition) is 3. The van der Waals surface area contributed by atoms with Crippen LogP contribution in [0.25, 0.3) is 0 Å². The Morgan fingerprint density at radius 2 is 1.94 bits per heavy atom. The summed E-state index contributed by atoms with van der Waals surface area (Å²) in [7, 11) is 2.28. The number of anilines is 1. The molecule has 0 spiro atoms. The molecule has 1 N–H and O–H groups in total. The van der Waals surface area contributed by atoms with Crippen LogP contribution in [0.15, 0.2) is 18.3 Å². The summed E-state index contributed by atoms with van der Waals surface area (Å²) in [6, 6.07) is 6.44. The van der Waals surface area contributed by atoms with Crippen LogP contribution in [0.4, 0.5) is 5.69 Å². The normalized spacial score (nSPS) is 32.7. The van der Waals surface area contributed by atoms with Crippen molar-refractivity contribution in [2.24, 2.45) is 0 Å². The van der Waals surface area contributed by atoms with Gasteiger partial charge in [0, 0.05) is 23.8 Å². The average molecular weight is 231 g/mol. The van der Waals surface area contributed by atoms with E-state index in [9.17, 15) is 0 Å². The minimum absolute atomic E-state index is 0.633. The van der Waals surface area contributed by atoms with E-state index in [1.165, 1.54) is 31.4 Å². The molecule has 1 aromatic heterocycles. The predicted octanol–water partition coefficient (Wildman–Crippen LogP) is 2.43. The Hall–Kier alpha value is -1.09. The number of nitrogens with one attached hydrogen (secondary N) is 1. The first-order valence-electron chi connectivity index (χ1n) is 6.63. The van der Waals surface area contributed by atoms with E-state index in [-0.39, 0.29) is 0 Å². The number of aryl methyl sites for hydroxylation is 1. The fourth-order valence-corrected chi connectivity index (χ4v) is 3.32. The molecular weight excluding hydrogens is 210 g/mol. The van der Waals surface area contributed by atoms with Gasteiger partial charge in [0.1, 0.15) is 0 Å². The minimum atomic E-state index is 0.633. The van der Waals surface area contributed by atoms with Crippen LogP contribution >= 0.6 is 0 Å². The highest BCUT2D eigenvalue weighted by atomic mass is 15.2. The summed E-state index contributed by atoms with van der Waals surface area (Å²) in [5.41, 5.74) is 2.25. The lowest BCUT2D eigenvalue weighted by Crippen LogP contribution is -2.44. The van der Waals surface area contributed by atoms with Gasteiger partial charge in [-0.05, 0) is 51.8 Å². The highest BCUT2D eigenvalue weighted by Crippen LogP contribution is 2.35. The molecule has 0 amide bonds. The second kappa shape index (κ2) is 4.30. The molecule has 1 aromatic rings. The molecule has 2 aliphatic heterocycles. The maximum atomic E-state index is 4.34. The van der Waals surface area contributed by atoms with E-state index in [2.05, 4.69) is 34.4 Å². The van der Waals surface area contributed by atoms with Gasteiger partial charge in [-0.15, -0.1) is 0 Å². The van der Waals surface area contributed by atoms with Gasteiger partial charge >= 0.3 is 0 Å². The molecule has 0 aliphatic carbocycles. The maximum Gasteiger partial charge on any atom is 0.0529 e. The Morgan fingerprint density at radius 3 is 2.53 bits per heavy atom. The first-order chi connectivity index (χ1) is 8.22. The van der Waals surface area contributed by atoms with Gasteiger partial charge in [-0.1, -0.05) is 0 Å². The van der Waals surface area contributed by atoms with Crippen LogP contribution in [0.2, 0.25) is 0 Å². The van der Waals surface area contributed by atoms with Gasteiger partial charge < -0.3 is 10.2 Å². The highest BCUT2D eigenvalue weighted by Gasteiger charge is 2.38. The number of nitrogens with zero attached hydrogens (tertiary/aromatic N) is 2. The summed E-state index contributed by atoms with van der Waals surface area (Å²) in [4.78, 5) is 6.92. The molecule has 2 fully saturated rings. The van der Waals surface area contributed by atoms with Crippen LogP contribution in [0.5, 0.6) is 0 Å². The van der Waals surface area contributed by atoms with Crippen molar-refractivity contribution in [3.63, 3.8) is 0 Å². The Morgan fingerprint density at radius 1 is 1.24 bits per heavy atom. The van der Waals surface area contributed by atoms with Crippen molar-refractivity contribution < 1.29 is 0 Å². The molecule has 2 aliphatic rings. The standard InChI is InChI=1S/C14H21N3/c1-10-3-4-11(9-15-10)16-12-7-13-5-6-14(8-12)17(13)2/h3-4,9,12-14,16H,5-8H2,1-2H3. The summed E-state index contributed by atoms with van der Waals surface area (Å²) in [6.45, 7) is 2.03. The van der Waals surface area contributed by atoms with Gasteiger partial charge in [-0.3, -0.25) is 4.98 Å². The third-order valence-corrected chi connectivity index (χ3v) is 4.38. The van der Waals surface area contributed by atoms with E-state index in [1.54, 1.807) is 0 Å². The van der Waals surface area contributed by atoms with Crippen LogP contribution < -0.4 is 5.32 Å². The van der Waals surface area contributed by atoms with E-state index in [4.69, 9.17) is 0 Å². The fourth-order valence-electron chi connectivity index (χ4n) is 3.32. The molecule has 0 aromatic carbocycles. The molecule has 2 bridgehead atoms. The Labute approximate surface area is 103 Å². The topological polar surface area (TPSA) is 28.2 Å². The van der Waals surface area contributed by atoms with Crippen LogP contribution in [-0.2, 0) is 0 Å². The molecule has 3 heteroatoms. The molecule has 0 saturated carbocycles. The van der Waals surface area contributed by atoms with Gasteiger partial charge in [0.15, 0.2) is 0 Å². The van der Waals surface area contributed by atoms with Crippen LogP contribution in [-0.4, -0.2) is 35.1 Å². The van der Waals surface area contributed by atoms with Crippen molar-refractivity contribution in [3.05, 3.63) is 24.0 Å². The first kappa shape index (κ1) is 11.0. The van der Waals surface area contributed by atoms with E-state index in [0.717, 1.165) is 17.8 Å². The summed E-state index contributed by atoms with van der Waals surface area (Å²) < 4.78 is 0. The molecule has 2 atom stereocenters. The lowest BCUT2D eigenvalue weighted by molar-refractivity contribution is 0.169. The summed E-state index contributed by atoms with van der Waals surface area (Å²) >= 11 is 0. The lowest BCUT2D eigenvalue weighted by atomic mass is 9.98. The second-order valence-corrected chi connectivity index (χ2v) is 5.55. The van der Waals surface area contributed by atoms with Crippen LogP contribution in [0.1, 0.15) is 31.4 Å². The molecule has 0 radical (unpaired) electrons. The van der Waals surface area contributed by atoms with Crippen molar-refractivity contribution in [1.29, 1.82) is 0 Å². The Kier molecular flexibility index (Phi) is 2.79. The molecule has 2 saturated heterocycles. The van der Waals surface area contributed by atoms with Crippen molar-refractivity contribution in [1.82, 2.24) is 9.88 Å². The average Bonchev–Trinajstić information content (AvgIpc) is 2.55. The van der Waals surface area contributed by atoms with Gasteiger partial charge in [0.05, 0.1) is 11.9 Å². The Balaban J connectivity index is 1.65. The first-order valence-corrected chi connectivity index (χ1v) is 6.63. The third-order valence-electron chi connectivity index (χ3n) is 4.38. The zero-order valence-electron chi connectivity index (χ0n) is 10.7. The fraction of sp³-hybridized carbons (Fsp3) is 0.643. The molecule has 17 heavy (non-hydrogen) atoms. The number of pyridine rings is 1. The van der Waals surface area contributed by atoms with Gasteiger partial charge in [-0.25, -0.2) is 0 Å². The lowest BCUT2D eigenvalue weighted by Gasteiger charge is -2.37. The predicted molar refractivity (Wildman–Crippen MR) is 70.2 cm³/mol. The van der Waals surface area contributed by atoms with E-state index >= 15 is 0 Å². The van der Waals surface area contributed by atoms with Gasteiger partial charge in [-0.2, -0.15) is 0 Å². The number of fused-ring (bicyclic) bond motifs is 2. The summed E-state index contributed by atoms with van der Waals surface area (Å²) in [5, 5.41) is 3.64. The zero-order chi connectivity index (χ0) is 11.8. The number of piperidine rings is 1. The smallest absolute Gasteiger partial charge is 0.0529 e. The SMILES string of the molecule is Cc1ccc(NC2CC3CCC(C2)N3C)cn1. The van der Waals surface area contributed by atoms with Crippen LogP contribution in [0, 0.1) is 6.92 Å². The van der Waals surface area contributed by atoms with Crippen LogP contribution in [0.3, 0.4) is 0 Å². The quantitative estimate of drug-likeness (QED) is 0.847. The van der Waals surface area contributed by atoms with Crippen molar-refractivity contribution in [3.8, 4) is 0 Å². The summed E-state index contributed by atoms with van der Waals surface area (Å²) in [5.74, 6) is 0. The maximum absolute atomic E-state index is 4.34. The monoisotopic (exact) mass is 231 g/mol. The van der Waals surface area contributed by atoms with E-state index in [0.29, 0.717) is 6.04 Å². The summed E-state index contributed by atoms with van der Waals surface area (Å²) in [6.07, 6.45) is 7.27. The van der Waals surface area contributed by atoms with Crippen molar-refractivity contribution in [2.45, 2.75) is 50.7 Å². The third kappa shape index (κ3) is 2.16. The molecule has 3 nitrogen and oxygen atoms in total. The minimum Gasteiger partial charge on any atom is -0.381 e. The highest BCUT2D eigenvalue weighted by molar-refractivity contribution is 5.42. The van der Waals surface area contributed by atoms with Crippen molar-refractivity contribution in [2.75, 3.05) is 12.4 Å².